The number of hydrogen-bond acceptors (Lipinski definition) is 4. The molecule has 0 aromatic carbocycles. The van der Waals surface area contributed by atoms with E-state index in [1.165, 1.54) is 4.31 Å². The Balaban J connectivity index is 1.89. The van der Waals surface area contributed by atoms with Crippen molar-refractivity contribution in [3.63, 3.8) is 0 Å². The van der Waals surface area contributed by atoms with E-state index in [0.29, 0.717) is 32.5 Å². The monoisotopic (exact) mass is 328 g/mol. The first-order chi connectivity index (χ1) is 10.3. The molecule has 2 rings (SSSR count). The summed E-state index contributed by atoms with van der Waals surface area (Å²) in [6.45, 7) is 3.05. The second kappa shape index (κ2) is 6.78. The first-order valence-electron chi connectivity index (χ1n) is 7.54. The average molecular weight is 328 g/mol. The van der Waals surface area contributed by atoms with Gasteiger partial charge in [-0.25, -0.2) is 12.7 Å². The molecule has 1 aliphatic rings. The van der Waals surface area contributed by atoms with Gasteiger partial charge in [-0.05, 0) is 19.8 Å². The minimum absolute atomic E-state index is 0.0809. The van der Waals surface area contributed by atoms with Crippen LogP contribution >= 0.6 is 0 Å². The van der Waals surface area contributed by atoms with Crippen LogP contribution in [-0.4, -0.2) is 59.2 Å². The van der Waals surface area contributed by atoms with Crippen molar-refractivity contribution >= 4 is 15.9 Å². The van der Waals surface area contributed by atoms with E-state index in [9.17, 15) is 13.2 Å². The summed E-state index contributed by atoms with van der Waals surface area (Å²) >= 11 is 0. The number of piperidine rings is 1. The highest BCUT2D eigenvalue weighted by molar-refractivity contribution is 7.89. The van der Waals surface area contributed by atoms with Crippen LogP contribution in [0.5, 0.6) is 0 Å². The Morgan fingerprint density at radius 2 is 2.05 bits per heavy atom. The van der Waals surface area contributed by atoms with E-state index >= 15 is 0 Å². The summed E-state index contributed by atoms with van der Waals surface area (Å²) in [5.41, 5.74) is 0.990. The van der Waals surface area contributed by atoms with Crippen molar-refractivity contribution in [1.82, 2.24) is 19.0 Å². The zero-order chi connectivity index (χ0) is 16.3. The Bertz CT molecular complexity index is 618. The van der Waals surface area contributed by atoms with Gasteiger partial charge >= 0.3 is 0 Å². The zero-order valence-electron chi connectivity index (χ0n) is 13.4. The summed E-state index contributed by atoms with van der Waals surface area (Å²) < 4.78 is 26.9. The fourth-order valence-electron chi connectivity index (χ4n) is 2.78. The van der Waals surface area contributed by atoms with Crippen molar-refractivity contribution in [2.24, 2.45) is 13.0 Å². The van der Waals surface area contributed by atoms with Crippen LogP contribution in [0.2, 0.25) is 0 Å². The van der Waals surface area contributed by atoms with E-state index in [0.717, 1.165) is 5.56 Å². The Morgan fingerprint density at radius 3 is 2.55 bits per heavy atom. The molecule has 124 valence electrons. The lowest BCUT2D eigenvalue weighted by Gasteiger charge is -2.32. The molecule has 22 heavy (non-hydrogen) atoms. The average Bonchev–Trinajstić information content (AvgIpc) is 2.91. The van der Waals surface area contributed by atoms with Crippen LogP contribution in [0.3, 0.4) is 0 Å². The van der Waals surface area contributed by atoms with E-state index in [2.05, 4.69) is 5.10 Å². The summed E-state index contributed by atoms with van der Waals surface area (Å²) in [5, 5.41) is 4.09. The molecule has 0 bridgehead atoms. The van der Waals surface area contributed by atoms with Crippen LogP contribution in [0.25, 0.3) is 0 Å². The SMILES string of the molecule is CCS(=O)(=O)N1CCC(C(=O)N(C)Cc2cnn(C)c2)CC1. The molecular formula is C14H24N4O3S. The van der Waals surface area contributed by atoms with Gasteiger partial charge in [-0.1, -0.05) is 0 Å². The van der Waals surface area contributed by atoms with Gasteiger partial charge in [0.1, 0.15) is 0 Å². The fourth-order valence-corrected chi connectivity index (χ4v) is 3.91. The van der Waals surface area contributed by atoms with Gasteiger partial charge in [-0.3, -0.25) is 9.48 Å². The molecule has 1 fully saturated rings. The maximum absolute atomic E-state index is 12.5. The normalized spacial score (nSPS) is 17.6. The fraction of sp³-hybridized carbons (Fsp3) is 0.714. The van der Waals surface area contributed by atoms with Crippen molar-refractivity contribution in [2.45, 2.75) is 26.3 Å². The number of aromatic nitrogens is 2. The predicted molar refractivity (Wildman–Crippen MR) is 83.4 cm³/mol. The molecule has 0 spiro atoms. The van der Waals surface area contributed by atoms with Crippen LogP contribution in [0.4, 0.5) is 0 Å². The Kier molecular flexibility index (Phi) is 5.23. The van der Waals surface area contributed by atoms with Gasteiger partial charge in [-0.2, -0.15) is 5.10 Å². The summed E-state index contributed by atoms with van der Waals surface area (Å²) in [7, 11) is 0.486. The third-order valence-electron chi connectivity index (χ3n) is 4.12. The molecule has 8 heteroatoms. The summed E-state index contributed by atoms with van der Waals surface area (Å²) in [5.74, 6) is 0.106. The number of carbonyl (C=O) groups excluding carboxylic acids is 1. The van der Waals surface area contributed by atoms with Crippen molar-refractivity contribution < 1.29 is 13.2 Å². The first-order valence-corrected chi connectivity index (χ1v) is 9.14. The molecule has 1 aromatic rings. The zero-order valence-corrected chi connectivity index (χ0v) is 14.2. The van der Waals surface area contributed by atoms with Crippen molar-refractivity contribution in [3.05, 3.63) is 18.0 Å². The summed E-state index contributed by atoms with van der Waals surface area (Å²) in [6.07, 6.45) is 4.82. The van der Waals surface area contributed by atoms with Crippen LogP contribution in [-0.2, 0) is 28.4 Å². The maximum atomic E-state index is 12.5. The summed E-state index contributed by atoms with van der Waals surface area (Å²) in [6, 6.07) is 0. The van der Waals surface area contributed by atoms with Crippen molar-refractivity contribution in [2.75, 3.05) is 25.9 Å². The quantitative estimate of drug-likeness (QED) is 0.786. The lowest BCUT2D eigenvalue weighted by molar-refractivity contribution is -0.135. The van der Waals surface area contributed by atoms with Crippen LogP contribution in [0.15, 0.2) is 12.4 Å². The minimum Gasteiger partial charge on any atom is -0.341 e. The summed E-state index contributed by atoms with van der Waals surface area (Å²) in [4.78, 5) is 14.2. The molecule has 2 heterocycles. The number of hydrogen-bond donors (Lipinski definition) is 0. The highest BCUT2D eigenvalue weighted by Gasteiger charge is 2.31. The molecule has 7 nitrogen and oxygen atoms in total. The molecule has 0 atom stereocenters. The number of sulfonamides is 1. The van der Waals surface area contributed by atoms with E-state index in [-0.39, 0.29) is 17.6 Å². The molecule has 0 aliphatic carbocycles. The standard InChI is InChI=1S/C14H24N4O3S/c1-4-22(20,21)18-7-5-13(6-8-18)14(19)16(2)10-12-9-15-17(3)11-12/h9,11,13H,4-8,10H2,1-3H3. The van der Waals surface area contributed by atoms with Crippen LogP contribution < -0.4 is 0 Å². The first kappa shape index (κ1) is 17.0. The van der Waals surface area contributed by atoms with E-state index in [1.54, 1.807) is 29.7 Å². The van der Waals surface area contributed by atoms with E-state index < -0.39 is 10.0 Å². The lowest BCUT2D eigenvalue weighted by atomic mass is 9.96. The molecule has 0 radical (unpaired) electrons. The molecule has 1 aliphatic heterocycles. The van der Waals surface area contributed by atoms with E-state index in [1.807, 2.05) is 13.2 Å². The smallest absolute Gasteiger partial charge is 0.225 e. The second-order valence-corrected chi connectivity index (χ2v) is 8.05. The van der Waals surface area contributed by atoms with Crippen LogP contribution in [0, 0.1) is 5.92 Å². The van der Waals surface area contributed by atoms with Crippen molar-refractivity contribution in [3.8, 4) is 0 Å². The minimum atomic E-state index is -3.14. The molecule has 1 aromatic heterocycles. The van der Waals surface area contributed by atoms with Gasteiger partial charge < -0.3 is 4.90 Å². The number of nitrogens with zero attached hydrogens (tertiary/aromatic N) is 4. The van der Waals surface area contributed by atoms with Gasteiger partial charge in [0.05, 0.1) is 11.9 Å². The molecule has 0 saturated carbocycles. The Labute approximate surface area is 131 Å². The van der Waals surface area contributed by atoms with Gasteiger partial charge in [0.15, 0.2) is 0 Å². The highest BCUT2D eigenvalue weighted by Crippen LogP contribution is 2.22. The van der Waals surface area contributed by atoms with Crippen molar-refractivity contribution in [1.29, 1.82) is 0 Å². The number of carbonyl (C=O) groups is 1. The predicted octanol–water partition coefficient (Wildman–Crippen LogP) is 0.440. The lowest BCUT2D eigenvalue weighted by Crippen LogP contribution is -2.43. The maximum Gasteiger partial charge on any atom is 0.225 e. The number of amides is 1. The Hall–Kier alpha value is -1.41. The molecular weight excluding hydrogens is 304 g/mol. The van der Waals surface area contributed by atoms with Gasteiger partial charge in [0.25, 0.3) is 0 Å². The van der Waals surface area contributed by atoms with Gasteiger partial charge in [0, 0.05) is 51.4 Å². The topological polar surface area (TPSA) is 75.5 Å². The van der Waals surface area contributed by atoms with Gasteiger partial charge in [-0.15, -0.1) is 0 Å². The molecule has 1 amide bonds. The molecule has 0 unspecified atom stereocenters. The van der Waals surface area contributed by atoms with E-state index in [4.69, 9.17) is 0 Å². The number of aryl methyl sites for hydroxylation is 1. The second-order valence-electron chi connectivity index (χ2n) is 5.79. The third kappa shape index (κ3) is 3.86. The third-order valence-corrected chi connectivity index (χ3v) is 6.00. The van der Waals surface area contributed by atoms with Crippen LogP contribution in [0.1, 0.15) is 25.3 Å². The highest BCUT2D eigenvalue weighted by atomic mass is 32.2. The Morgan fingerprint density at radius 1 is 1.41 bits per heavy atom. The largest absolute Gasteiger partial charge is 0.341 e. The number of rotatable bonds is 5. The molecule has 1 saturated heterocycles. The molecule has 0 N–H and O–H groups in total. The van der Waals surface area contributed by atoms with Gasteiger partial charge in [0.2, 0.25) is 15.9 Å².